The molecule has 2 rings (SSSR count). The molecule has 5 heteroatoms. The number of halogens is 1. The van der Waals surface area contributed by atoms with Gasteiger partial charge >= 0.3 is 0 Å². The number of hydrogen-bond donors (Lipinski definition) is 1. The van der Waals surface area contributed by atoms with Gasteiger partial charge in [0.05, 0.1) is 17.3 Å². The molecule has 0 saturated carbocycles. The van der Waals surface area contributed by atoms with E-state index in [0.717, 1.165) is 9.99 Å². The maximum atomic E-state index is 11.7. The normalized spacial score (nSPS) is 10.5. The number of rotatable bonds is 2. The van der Waals surface area contributed by atoms with Crippen molar-refractivity contribution in [3.8, 4) is 0 Å². The lowest BCUT2D eigenvalue weighted by Gasteiger charge is -2.00. The average Bonchev–Trinajstić information content (AvgIpc) is 2.60. The standard InChI is InChI=1S/C10H10BrN3O/c1-2-12-10(15)8-6-13-14-4-3-7(11)5-9(8)14/h3-6H,2H2,1H3,(H,12,15). The summed E-state index contributed by atoms with van der Waals surface area (Å²) < 4.78 is 2.61. The predicted octanol–water partition coefficient (Wildman–Crippen LogP) is 1.85. The number of amides is 1. The van der Waals surface area contributed by atoms with Crippen LogP contribution in [0.2, 0.25) is 0 Å². The van der Waals surface area contributed by atoms with Gasteiger partial charge in [0.25, 0.3) is 5.91 Å². The molecule has 4 nitrogen and oxygen atoms in total. The summed E-state index contributed by atoms with van der Waals surface area (Å²) in [5.74, 6) is -0.0920. The van der Waals surface area contributed by atoms with Crippen molar-refractivity contribution >= 4 is 27.4 Å². The van der Waals surface area contributed by atoms with E-state index >= 15 is 0 Å². The van der Waals surface area contributed by atoms with Crippen LogP contribution >= 0.6 is 15.9 Å². The molecule has 0 spiro atoms. The summed E-state index contributed by atoms with van der Waals surface area (Å²) in [5.41, 5.74) is 1.40. The molecule has 0 aromatic carbocycles. The lowest BCUT2D eigenvalue weighted by atomic mass is 10.2. The van der Waals surface area contributed by atoms with E-state index < -0.39 is 0 Å². The van der Waals surface area contributed by atoms with Gasteiger partial charge in [-0.15, -0.1) is 0 Å². The number of fused-ring (bicyclic) bond motifs is 1. The summed E-state index contributed by atoms with van der Waals surface area (Å²) in [7, 11) is 0. The van der Waals surface area contributed by atoms with Crippen LogP contribution in [0.4, 0.5) is 0 Å². The average molecular weight is 268 g/mol. The third-order valence-corrected chi connectivity index (χ3v) is 2.56. The Bertz CT molecular complexity index is 506. The molecule has 0 aliphatic rings. The summed E-state index contributed by atoms with van der Waals surface area (Å²) in [4.78, 5) is 11.7. The highest BCUT2D eigenvalue weighted by Crippen LogP contribution is 2.16. The molecule has 0 saturated heterocycles. The number of nitrogens with one attached hydrogen (secondary N) is 1. The molecule has 0 bridgehead atoms. The van der Waals surface area contributed by atoms with Crippen LogP contribution in [-0.4, -0.2) is 22.1 Å². The van der Waals surface area contributed by atoms with E-state index in [1.807, 2.05) is 25.3 Å². The van der Waals surface area contributed by atoms with Crippen molar-refractivity contribution in [1.29, 1.82) is 0 Å². The molecule has 1 N–H and O–H groups in total. The Morgan fingerprint density at radius 1 is 1.67 bits per heavy atom. The number of pyridine rings is 1. The van der Waals surface area contributed by atoms with Gasteiger partial charge in [0.2, 0.25) is 0 Å². The highest BCUT2D eigenvalue weighted by atomic mass is 79.9. The van der Waals surface area contributed by atoms with E-state index in [0.29, 0.717) is 12.1 Å². The molecule has 0 radical (unpaired) electrons. The smallest absolute Gasteiger partial charge is 0.255 e. The molecule has 0 atom stereocenters. The van der Waals surface area contributed by atoms with Gasteiger partial charge in [0, 0.05) is 17.2 Å². The second-order valence-corrected chi connectivity index (χ2v) is 4.01. The van der Waals surface area contributed by atoms with Crippen LogP contribution in [0.3, 0.4) is 0 Å². The van der Waals surface area contributed by atoms with Crippen LogP contribution in [0.25, 0.3) is 5.52 Å². The first kappa shape index (κ1) is 10.2. The Balaban J connectivity index is 2.52. The number of carbonyl (C=O) groups excluding carboxylic acids is 1. The third-order valence-electron chi connectivity index (χ3n) is 2.07. The van der Waals surface area contributed by atoms with E-state index in [1.54, 1.807) is 10.7 Å². The first-order valence-corrected chi connectivity index (χ1v) is 5.42. The van der Waals surface area contributed by atoms with Crippen LogP contribution < -0.4 is 5.32 Å². The molecule has 2 heterocycles. The van der Waals surface area contributed by atoms with E-state index in [9.17, 15) is 4.79 Å². The fourth-order valence-corrected chi connectivity index (χ4v) is 1.72. The third kappa shape index (κ3) is 1.87. The Morgan fingerprint density at radius 3 is 3.20 bits per heavy atom. The summed E-state index contributed by atoms with van der Waals surface area (Å²) in [5, 5.41) is 6.85. The zero-order chi connectivity index (χ0) is 10.8. The number of nitrogens with zero attached hydrogens (tertiary/aromatic N) is 2. The molecule has 0 aliphatic carbocycles. The molecule has 0 unspecified atom stereocenters. The first-order chi connectivity index (χ1) is 7.22. The highest BCUT2D eigenvalue weighted by molar-refractivity contribution is 9.10. The maximum absolute atomic E-state index is 11.7. The van der Waals surface area contributed by atoms with Gasteiger partial charge in [-0.2, -0.15) is 5.10 Å². The van der Waals surface area contributed by atoms with Crippen molar-refractivity contribution in [3.05, 3.63) is 34.6 Å². The summed E-state index contributed by atoms with van der Waals surface area (Å²) >= 11 is 3.37. The second kappa shape index (κ2) is 4.02. The summed E-state index contributed by atoms with van der Waals surface area (Å²) in [6.45, 7) is 2.50. The zero-order valence-electron chi connectivity index (χ0n) is 8.20. The van der Waals surface area contributed by atoms with Crippen LogP contribution in [0.5, 0.6) is 0 Å². The summed E-state index contributed by atoms with van der Waals surface area (Å²) in [6.07, 6.45) is 3.38. The fraction of sp³-hybridized carbons (Fsp3) is 0.200. The van der Waals surface area contributed by atoms with E-state index in [1.165, 1.54) is 0 Å². The van der Waals surface area contributed by atoms with E-state index in [2.05, 4.69) is 26.3 Å². The monoisotopic (exact) mass is 267 g/mol. The molecule has 1 amide bonds. The molecule has 15 heavy (non-hydrogen) atoms. The Labute approximate surface area is 95.4 Å². The number of aromatic nitrogens is 2. The quantitative estimate of drug-likeness (QED) is 0.903. The minimum Gasteiger partial charge on any atom is -0.352 e. The fourth-order valence-electron chi connectivity index (χ4n) is 1.39. The maximum Gasteiger partial charge on any atom is 0.255 e. The van der Waals surface area contributed by atoms with Gasteiger partial charge in [-0.3, -0.25) is 4.79 Å². The predicted molar refractivity (Wildman–Crippen MR) is 60.9 cm³/mol. The molecule has 0 aliphatic heterocycles. The molecule has 2 aromatic heterocycles. The Morgan fingerprint density at radius 2 is 2.47 bits per heavy atom. The van der Waals surface area contributed by atoms with Gasteiger partial charge in [-0.05, 0) is 19.1 Å². The summed E-state index contributed by atoms with van der Waals surface area (Å²) in [6, 6.07) is 3.75. The second-order valence-electron chi connectivity index (χ2n) is 3.09. The van der Waals surface area contributed by atoms with Gasteiger partial charge in [0.1, 0.15) is 0 Å². The van der Waals surface area contributed by atoms with E-state index in [-0.39, 0.29) is 5.91 Å². The van der Waals surface area contributed by atoms with Crippen LogP contribution in [0.15, 0.2) is 29.0 Å². The van der Waals surface area contributed by atoms with Crippen LogP contribution in [-0.2, 0) is 0 Å². The number of hydrogen-bond acceptors (Lipinski definition) is 2. The van der Waals surface area contributed by atoms with Gasteiger partial charge in [0.15, 0.2) is 0 Å². The molecule has 78 valence electrons. The Kier molecular flexibility index (Phi) is 2.73. The van der Waals surface area contributed by atoms with Crippen molar-refractivity contribution in [2.24, 2.45) is 0 Å². The molecular formula is C10H10BrN3O. The molecule has 2 aromatic rings. The van der Waals surface area contributed by atoms with Crippen LogP contribution in [0, 0.1) is 0 Å². The SMILES string of the molecule is CCNC(=O)c1cnn2ccc(Br)cc12. The number of carbonyl (C=O) groups is 1. The van der Waals surface area contributed by atoms with Crippen molar-refractivity contribution in [2.45, 2.75) is 6.92 Å². The largest absolute Gasteiger partial charge is 0.352 e. The van der Waals surface area contributed by atoms with Crippen molar-refractivity contribution in [3.63, 3.8) is 0 Å². The van der Waals surface area contributed by atoms with Gasteiger partial charge < -0.3 is 5.32 Å². The first-order valence-electron chi connectivity index (χ1n) is 4.63. The topological polar surface area (TPSA) is 46.4 Å². The lowest BCUT2D eigenvalue weighted by molar-refractivity contribution is 0.0957. The highest BCUT2D eigenvalue weighted by Gasteiger charge is 2.11. The van der Waals surface area contributed by atoms with Crippen LogP contribution in [0.1, 0.15) is 17.3 Å². The van der Waals surface area contributed by atoms with Gasteiger partial charge in [-0.25, -0.2) is 4.52 Å². The minimum absolute atomic E-state index is 0.0920. The van der Waals surface area contributed by atoms with Gasteiger partial charge in [-0.1, -0.05) is 15.9 Å². The van der Waals surface area contributed by atoms with Crippen molar-refractivity contribution < 1.29 is 4.79 Å². The molecular weight excluding hydrogens is 258 g/mol. The zero-order valence-corrected chi connectivity index (χ0v) is 9.78. The van der Waals surface area contributed by atoms with Crippen molar-refractivity contribution in [1.82, 2.24) is 14.9 Å². The van der Waals surface area contributed by atoms with Crippen molar-refractivity contribution in [2.75, 3.05) is 6.54 Å². The lowest BCUT2D eigenvalue weighted by Crippen LogP contribution is -2.22. The Hall–Kier alpha value is -1.36. The minimum atomic E-state index is -0.0920. The van der Waals surface area contributed by atoms with E-state index in [4.69, 9.17) is 0 Å². The molecule has 0 fully saturated rings.